The maximum Gasteiger partial charge on any atom is 0.416 e. The Morgan fingerprint density at radius 3 is 2.22 bits per heavy atom. The van der Waals surface area contributed by atoms with Crippen LogP contribution < -0.4 is 9.47 Å². The van der Waals surface area contributed by atoms with Crippen LogP contribution in [-0.4, -0.2) is 38.0 Å². The standard InChI is InChI=1S/C25H28F3NO3/c1-31-22-13-18-12-19(24(30)21(18)14-23(22)32-2)11-16-7-9-29(10-8-16)15-17-3-5-20(6-4-17)25(26,27)28/h3-6,13-14,16,19H,7-12,15H2,1-2H3. The highest BCUT2D eigenvalue weighted by atomic mass is 19.4. The minimum Gasteiger partial charge on any atom is -0.493 e. The van der Waals surface area contributed by atoms with Crippen molar-refractivity contribution in [3.05, 3.63) is 58.7 Å². The van der Waals surface area contributed by atoms with Gasteiger partial charge < -0.3 is 9.47 Å². The Labute approximate surface area is 186 Å². The number of hydrogen-bond donors (Lipinski definition) is 0. The highest BCUT2D eigenvalue weighted by Crippen LogP contribution is 2.39. The molecule has 1 atom stereocenters. The molecule has 1 aliphatic carbocycles. The van der Waals surface area contributed by atoms with Crippen LogP contribution in [0.5, 0.6) is 11.5 Å². The largest absolute Gasteiger partial charge is 0.493 e. The fourth-order valence-electron chi connectivity index (χ4n) is 4.93. The summed E-state index contributed by atoms with van der Waals surface area (Å²) in [5.74, 6) is 1.89. The molecule has 1 unspecified atom stereocenters. The summed E-state index contributed by atoms with van der Waals surface area (Å²) in [7, 11) is 3.16. The second kappa shape index (κ2) is 9.14. The van der Waals surface area contributed by atoms with Crippen LogP contribution >= 0.6 is 0 Å². The molecule has 0 amide bonds. The van der Waals surface area contributed by atoms with Crippen molar-refractivity contribution in [2.75, 3.05) is 27.3 Å². The number of likely N-dealkylation sites (tertiary alicyclic amines) is 1. The molecule has 2 aromatic carbocycles. The summed E-state index contributed by atoms with van der Waals surface area (Å²) in [4.78, 5) is 15.2. The third-order valence-electron chi connectivity index (χ3n) is 6.72. The molecule has 32 heavy (non-hydrogen) atoms. The highest BCUT2D eigenvalue weighted by Gasteiger charge is 2.34. The van der Waals surface area contributed by atoms with Crippen LogP contribution in [0.2, 0.25) is 0 Å². The maximum atomic E-state index is 13.0. The zero-order chi connectivity index (χ0) is 22.9. The molecule has 4 rings (SSSR count). The molecular weight excluding hydrogens is 419 g/mol. The quantitative estimate of drug-likeness (QED) is 0.596. The zero-order valence-corrected chi connectivity index (χ0v) is 18.4. The van der Waals surface area contributed by atoms with Crippen molar-refractivity contribution < 1.29 is 27.4 Å². The summed E-state index contributed by atoms with van der Waals surface area (Å²) >= 11 is 0. The average Bonchev–Trinajstić information content (AvgIpc) is 3.08. The molecule has 172 valence electrons. The lowest BCUT2D eigenvalue weighted by Gasteiger charge is -2.33. The number of rotatable bonds is 6. The third kappa shape index (κ3) is 4.77. The number of methoxy groups -OCH3 is 2. The van der Waals surface area contributed by atoms with Crippen molar-refractivity contribution in [3.63, 3.8) is 0 Å². The van der Waals surface area contributed by atoms with Crippen LogP contribution in [0.1, 0.15) is 46.3 Å². The Morgan fingerprint density at radius 2 is 1.62 bits per heavy atom. The average molecular weight is 447 g/mol. The number of carbonyl (C=O) groups is 1. The molecule has 0 bridgehead atoms. The van der Waals surface area contributed by atoms with Gasteiger partial charge in [0.2, 0.25) is 0 Å². The molecule has 4 nitrogen and oxygen atoms in total. The maximum absolute atomic E-state index is 13.0. The number of alkyl halides is 3. The fraction of sp³-hybridized carbons (Fsp3) is 0.480. The number of halogens is 3. The Morgan fingerprint density at radius 1 is 1.00 bits per heavy atom. The van der Waals surface area contributed by atoms with Gasteiger partial charge in [0.15, 0.2) is 17.3 Å². The highest BCUT2D eigenvalue weighted by molar-refractivity contribution is 6.02. The third-order valence-corrected chi connectivity index (χ3v) is 6.72. The van der Waals surface area contributed by atoms with Gasteiger partial charge in [-0.1, -0.05) is 12.1 Å². The minimum absolute atomic E-state index is 0.00623. The number of Topliss-reactive ketones (excluding diaryl/α,β-unsaturated/α-hetero) is 1. The van der Waals surface area contributed by atoms with Gasteiger partial charge in [-0.2, -0.15) is 13.2 Å². The van der Waals surface area contributed by atoms with E-state index >= 15 is 0 Å². The van der Waals surface area contributed by atoms with E-state index in [0.717, 1.165) is 67.6 Å². The molecule has 0 spiro atoms. The van der Waals surface area contributed by atoms with E-state index in [2.05, 4.69) is 4.90 Å². The van der Waals surface area contributed by atoms with Crippen molar-refractivity contribution in [1.29, 1.82) is 0 Å². The number of hydrogen-bond acceptors (Lipinski definition) is 4. The molecule has 0 radical (unpaired) electrons. The molecule has 0 N–H and O–H groups in total. The Kier molecular flexibility index (Phi) is 6.47. The van der Waals surface area contributed by atoms with Crippen molar-refractivity contribution in [1.82, 2.24) is 4.90 Å². The van der Waals surface area contributed by atoms with Crippen molar-refractivity contribution in [3.8, 4) is 11.5 Å². The molecule has 7 heteroatoms. The topological polar surface area (TPSA) is 38.8 Å². The van der Waals surface area contributed by atoms with Crippen molar-refractivity contribution in [2.24, 2.45) is 11.8 Å². The van der Waals surface area contributed by atoms with E-state index in [0.29, 0.717) is 24.0 Å². The molecule has 0 saturated carbocycles. The minimum atomic E-state index is -4.30. The first-order valence-electron chi connectivity index (χ1n) is 11.0. The van der Waals surface area contributed by atoms with Crippen molar-refractivity contribution >= 4 is 5.78 Å². The van der Waals surface area contributed by atoms with Crippen LogP contribution in [0, 0.1) is 11.8 Å². The first-order valence-corrected chi connectivity index (χ1v) is 11.0. The zero-order valence-electron chi connectivity index (χ0n) is 18.4. The number of ketones is 1. The van der Waals surface area contributed by atoms with Gasteiger partial charge in [0.1, 0.15) is 0 Å². The number of nitrogens with zero attached hydrogens (tertiary/aromatic N) is 1. The van der Waals surface area contributed by atoms with Gasteiger partial charge in [0, 0.05) is 18.0 Å². The number of ether oxygens (including phenoxy) is 2. The number of benzene rings is 2. The van der Waals surface area contributed by atoms with Gasteiger partial charge >= 0.3 is 6.18 Å². The SMILES string of the molecule is COc1cc2c(cc1OC)C(=O)C(CC1CCN(Cc3ccc(C(F)(F)F)cc3)CC1)C2. The van der Waals surface area contributed by atoms with E-state index in [-0.39, 0.29) is 11.7 Å². The van der Waals surface area contributed by atoms with E-state index in [1.54, 1.807) is 32.4 Å². The molecule has 2 aromatic rings. The van der Waals surface area contributed by atoms with Gasteiger partial charge in [0.05, 0.1) is 19.8 Å². The van der Waals surface area contributed by atoms with Gasteiger partial charge in [-0.15, -0.1) is 0 Å². The molecule has 1 aliphatic heterocycles. The summed E-state index contributed by atoms with van der Waals surface area (Å²) in [5, 5.41) is 0. The second-order valence-electron chi connectivity index (χ2n) is 8.78. The van der Waals surface area contributed by atoms with E-state index in [4.69, 9.17) is 9.47 Å². The lowest BCUT2D eigenvalue weighted by molar-refractivity contribution is -0.137. The summed E-state index contributed by atoms with van der Waals surface area (Å²) < 4.78 is 48.9. The molecule has 0 aromatic heterocycles. The summed E-state index contributed by atoms with van der Waals surface area (Å²) in [6, 6.07) is 9.13. The first-order chi connectivity index (χ1) is 15.3. The summed E-state index contributed by atoms with van der Waals surface area (Å²) in [6.45, 7) is 2.43. The molecule has 1 heterocycles. The van der Waals surface area contributed by atoms with Crippen LogP contribution in [0.4, 0.5) is 13.2 Å². The Bertz CT molecular complexity index is 964. The lowest BCUT2D eigenvalue weighted by atomic mass is 9.85. The monoisotopic (exact) mass is 447 g/mol. The second-order valence-corrected chi connectivity index (χ2v) is 8.78. The Hall–Kier alpha value is -2.54. The Balaban J connectivity index is 1.30. The van der Waals surface area contributed by atoms with Gasteiger partial charge in [-0.05, 0) is 80.1 Å². The van der Waals surface area contributed by atoms with E-state index in [1.165, 1.54) is 0 Å². The molecular formula is C25H28F3NO3. The summed E-state index contributed by atoms with van der Waals surface area (Å²) in [6.07, 6.45) is -0.710. The molecule has 2 aliphatic rings. The predicted molar refractivity (Wildman–Crippen MR) is 115 cm³/mol. The number of fused-ring (bicyclic) bond motifs is 1. The summed E-state index contributed by atoms with van der Waals surface area (Å²) in [5.41, 5.74) is 2.04. The van der Waals surface area contributed by atoms with Crippen LogP contribution in [-0.2, 0) is 19.1 Å². The number of carbonyl (C=O) groups excluding carboxylic acids is 1. The first kappa shape index (κ1) is 22.6. The van der Waals surface area contributed by atoms with Crippen LogP contribution in [0.3, 0.4) is 0 Å². The molecule has 1 saturated heterocycles. The van der Waals surface area contributed by atoms with Gasteiger partial charge in [-0.25, -0.2) is 0 Å². The van der Waals surface area contributed by atoms with E-state index in [9.17, 15) is 18.0 Å². The van der Waals surface area contributed by atoms with Crippen LogP contribution in [0.15, 0.2) is 36.4 Å². The van der Waals surface area contributed by atoms with Gasteiger partial charge in [0.25, 0.3) is 0 Å². The lowest BCUT2D eigenvalue weighted by Crippen LogP contribution is -2.34. The predicted octanol–water partition coefficient (Wildman–Crippen LogP) is 5.38. The normalized spacial score (nSPS) is 19.8. The van der Waals surface area contributed by atoms with Crippen molar-refractivity contribution in [2.45, 2.75) is 38.4 Å². The number of piperidine rings is 1. The van der Waals surface area contributed by atoms with E-state index in [1.807, 2.05) is 6.07 Å². The van der Waals surface area contributed by atoms with E-state index < -0.39 is 11.7 Å². The smallest absolute Gasteiger partial charge is 0.416 e. The van der Waals surface area contributed by atoms with Gasteiger partial charge in [-0.3, -0.25) is 9.69 Å². The van der Waals surface area contributed by atoms with Crippen LogP contribution in [0.25, 0.3) is 0 Å². The fourth-order valence-corrected chi connectivity index (χ4v) is 4.93. The molecule has 1 fully saturated rings.